The Bertz CT molecular complexity index is 1130. The maximum absolute atomic E-state index is 15.1. The zero-order chi connectivity index (χ0) is 23.1. The van der Waals surface area contributed by atoms with Crippen LogP contribution in [0.15, 0.2) is 41.3 Å². The predicted octanol–water partition coefficient (Wildman–Crippen LogP) is 4.00. The quantitative estimate of drug-likeness (QED) is 0.709. The molecule has 31 heavy (non-hydrogen) atoms. The van der Waals surface area contributed by atoms with Gasteiger partial charge in [-0.3, -0.25) is 9.69 Å². The molecule has 2 aromatic carbocycles. The van der Waals surface area contributed by atoms with Crippen molar-refractivity contribution in [2.24, 2.45) is 0 Å². The fraction of sp³-hybridized carbons (Fsp3) is 0.364. The number of fused-ring (bicyclic) bond motifs is 1. The van der Waals surface area contributed by atoms with Crippen molar-refractivity contribution in [1.29, 1.82) is 0 Å². The van der Waals surface area contributed by atoms with E-state index < -0.39 is 21.7 Å². The highest BCUT2D eigenvalue weighted by Gasteiger charge is 2.35. The Kier molecular flexibility index (Phi) is 6.09. The predicted molar refractivity (Wildman–Crippen MR) is 117 cm³/mol. The van der Waals surface area contributed by atoms with Crippen LogP contribution >= 0.6 is 0 Å². The SMILES string of the molecule is CC(=O)N1c2cc(F)c(-c3ccc(S(C)(=O)=O)cc3)cc2N(C(=O)OC(C)C)C[C@@H]1C. The molecule has 0 fully saturated rings. The fourth-order valence-electron chi connectivity index (χ4n) is 3.66. The van der Waals surface area contributed by atoms with Gasteiger partial charge in [0.2, 0.25) is 5.91 Å². The largest absolute Gasteiger partial charge is 0.446 e. The van der Waals surface area contributed by atoms with Crippen LogP contribution in [0.1, 0.15) is 27.7 Å². The molecule has 0 bridgehead atoms. The van der Waals surface area contributed by atoms with E-state index in [4.69, 9.17) is 4.74 Å². The molecule has 9 heteroatoms. The topological polar surface area (TPSA) is 84.0 Å². The first kappa shape index (κ1) is 22.7. The summed E-state index contributed by atoms with van der Waals surface area (Å²) in [4.78, 5) is 27.9. The lowest BCUT2D eigenvalue weighted by Gasteiger charge is -2.40. The monoisotopic (exact) mass is 448 g/mol. The summed E-state index contributed by atoms with van der Waals surface area (Å²) in [5.74, 6) is -0.862. The molecule has 2 amide bonds. The zero-order valence-corrected chi connectivity index (χ0v) is 18.9. The van der Waals surface area contributed by atoms with Crippen molar-refractivity contribution in [2.75, 3.05) is 22.6 Å². The maximum Gasteiger partial charge on any atom is 0.414 e. The van der Waals surface area contributed by atoms with E-state index in [1.165, 1.54) is 53.1 Å². The highest BCUT2D eigenvalue weighted by molar-refractivity contribution is 7.90. The number of hydrogen-bond donors (Lipinski definition) is 0. The molecule has 1 atom stereocenters. The van der Waals surface area contributed by atoms with Crippen molar-refractivity contribution in [2.45, 2.75) is 44.7 Å². The van der Waals surface area contributed by atoms with Crippen molar-refractivity contribution in [3.8, 4) is 11.1 Å². The highest BCUT2D eigenvalue weighted by Crippen LogP contribution is 2.41. The molecule has 3 rings (SSSR count). The van der Waals surface area contributed by atoms with Crippen LogP contribution in [-0.2, 0) is 19.4 Å². The summed E-state index contributed by atoms with van der Waals surface area (Å²) in [5, 5.41) is 0. The van der Waals surface area contributed by atoms with Gasteiger partial charge >= 0.3 is 6.09 Å². The smallest absolute Gasteiger partial charge is 0.414 e. The normalized spacial score (nSPS) is 16.3. The Hall–Kier alpha value is -2.94. The molecule has 1 aliphatic heterocycles. The maximum atomic E-state index is 15.1. The van der Waals surface area contributed by atoms with Crippen molar-refractivity contribution in [3.05, 3.63) is 42.2 Å². The third-order valence-electron chi connectivity index (χ3n) is 4.99. The molecule has 7 nitrogen and oxygen atoms in total. The van der Waals surface area contributed by atoms with Crippen LogP contribution in [-0.4, -0.2) is 45.4 Å². The summed E-state index contributed by atoms with van der Waals surface area (Å²) in [6, 6.07) is 8.16. The summed E-state index contributed by atoms with van der Waals surface area (Å²) in [5.41, 5.74) is 1.25. The molecule has 0 saturated heterocycles. The van der Waals surface area contributed by atoms with Gasteiger partial charge in [0.05, 0.1) is 28.4 Å². The number of anilines is 2. The molecule has 0 N–H and O–H groups in total. The van der Waals surface area contributed by atoms with Crippen molar-refractivity contribution < 1.29 is 27.1 Å². The van der Waals surface area contributed by atoms with Gasteiger partial charge in [0.15, 0.2) is 9.84 Å². The second-order valence-corrected chi connectivity index (χ2v) is 9.91. The van der Waals surface area contributed by atoms with E-state index in [0.717, 1.165) is 6.26 Å². The first-order valence-corrected chi connectivity index (χ1v) is 11.7. The van der Waals surface area contributed by atoms with Crippen LogP contribution in [0.3, 0.4) is 0 Å². The first-order valence-electron chi connectivity index (χ1n) is 9.82. The molecule has 0 aromatic heterocycles. The van der Waals surface area contributed by atoms with Gasteiger partial charge in [0.25, 0.3) is 0 Å². The van der Waals surface area contributed by atoms with Gasteiger partial charge < -0.3 is 9.64 Å². The van der Waals surface area contributed by atoms with E-state index in [1.807, 2.05) is 0 Å². The molecule has 166 valence electrons. The molecule has 0 aliphatic carbocycles. The number of halogens is 1. The minimum absolute atomic E-state index is 0.119. The fourth-order valence-corrected chi connectivity index (χ4v) is 4.29. The van der Waals surface area contributed by atoms with Crippen LogP contribution in [0.5, 0.6) is 0 Å². The summed E-state index contributed by atoms with van der Waals surface area (Å²) < 4.78 is 43.9. The highest BCUT2D eigenvalue weighted by atomic mass is 32.2. The van der Waals surface area contributed by atoms with Gasteiger partial charge in [0, 0.05) is 31.4 Å². The van der Waals surface area contributed by atoms with Gasteiger partial charge in [-0.05, 0) is 44.5 Å². The van der Waals surface area contributed by atoms with Gasteiger partial charge in [-0.1, -0.05) is 12.1 Å². The van der Waals surface area contributed by atoms with E-state index in [1.54, 1.807) is 20.8 Å². The molecule has 1 aliphatic rings. The summed E-state index contributed by atoms with van der Waals surface area (Å²) in [6.45, 7) is 6.81. The Balaban J connectivity index is 2.15. The third-order valence-corrected chi connectivity index (χ3v) is 6.12. The minimum Gasteiger partial charge on any atom is -0.446 e. The number of rotatable bonds is 3. The number of hydrogen-bond acceptors (Lipinski definition) is 5. The number of carbonyl (C=O) groups is 2. The molecule has 0 spiro atoms. The van der Waals surface area contributed by atoms with E-state index >= 15 is 4.39 Å². The second-order valence-electron chi connectivity index (χ2n) is 7.90. The van der Waals surface area contributed by atoms with Crippen LogP contribution in [0, 0.1) is 5.82 Å². The van der Waals surface area contributed by atoms with Crippen LogP contribution < -0.4 is 9.80 Å². The van der Waals surface area contributed by atoms with Crippen LogP contribution in [0.25, 0.3) is 11.1 Å². The van der Waals surface area contributed by atoms with Crippen LogP contribution in [0.2, 0.25) is 0 Å². The number of sulfone groups is 1. The van der Waals surface area contributed by atoms with Gasteiger partial charge in [-0.2, -0.15) is 0 Å². The molecular formula is C22H25FN2O5S. The molecule has 0 unspecified atom stereocenters. The Morgan fingerprint density at radius 3 is 2.26 bits per heavy atom. The van der Waals surface area contributed by atoms with Crippen molar-refractivity contribution in [3.63, 3.8) is 0 Å². The Morgan fingerprint density at radius 2 is 1.74 bits per heavy atom. The molecule has 1 heterocycles. The van der Waals surface area contributed by atoms with E-state index in [9.17, 15) is 18.0 Å². The number of benzene rings is 2. The van der Waals surface area contributed by atoms with E-state index in [2.05, 4.69) is 0 Å². The van der Waals surface area contributed by atoms with E-state index in [-0.39, 0.29) is 40.7 Å². The third kappa shape index (κ3) is 4.56. The molecule has 2 aromatic rings. The van der Waals surface area contributed by atoms with Gasteiger partial charge in [-0.15, -0.1) is 0 Å². The molecule has 0 saturated carbocycles. The van der Waals surface area contributed by atoms with Gasteiger partial charge in [-0.25, -0.2) is 17.6 Å². The van der Waals surface area contributed by atoms with E-state index in [0.29, 0.717) is 11.3 Å². The minimum atomic E-state index is -3.39. The standard InChI is InChI=1S/C22H25FN2O5S/c1-13(2)30-22(27)24-12-14(3)25(15(4)26)21-11-19(23)18(10-20(21)24)16-6-8-17(9-7-16)31(5,28)29/h6-11,13-14H,12H2,1-5H3/t14-/m0/s1. The second kappa shape index (κ2) is 8.30. The average Bonchev–Trinajstić information content (AvgIpc) is 2.65. The number of nitrogens with zero attached hydrogens (tertiary/aromatic N) is 2. The first-order chi connectivity index (χ1) is 14.4. The van der Waals surface area contributed by atoms with Crippen molar-refractivity contribution >= 4 is 33.2 Å². The van der Waals surface area contributed by atoms with Crippen molar-refractivity contribution in [1.82, 2.24) is 0 Å². The lowest BCUT2D eigenvalue weighted by Crippen LogP contribution is -2.51. The number of amides is 2. The van der Waals surface area contributed by atoms with Gasteiger partial charge in [0.1, 0.15) is 5.82 Å². The Labute approximate surface area is 181 Å². The zero-order valence-electron chi connectivity index (χ0n) is 18.0. The number of carbonyl (C=O) groups excluding carboxylic acids is 2. The lowest BCUT2D eigenvalue weighted by atomic mass is 10.00. The summed E-state index contributed by atoms with van der Waals surface area (Å²) in [7, 11) is -3.39. The van der Waals surface area contributed by atoms with Crippen LogP contribution in [0.4, 0.5) is 20.6 Å². The summed E-state index contributed by atoms with van der Waals surface area (Å²) in [6.07, 6.45) is 0.161. The average molecular weight is 449 g/mol. The summed E-state index contributed by atoms with van der Waals surface area (Å²) >= 11 is 0. The number of ether oxygens (including phenoxy) is 1. The molecule has 0 radical (unpaired) electrons. The molecular weight excluding hydrogens is 423 g/mol. The lowest BCUT2D eigenvalue weighted by molar-refractivity contribution is -0.117. The Morgan fingerprint density at radius 1 is 1.13 bits per heavy atom.